The van der Waals surface area contributed by atoms with Crippen LogP contribution in [0.3, 0.4) is 0 Å². The number of aromatic nitrogens is 1. The summed E-state index contributed by atoms with van der Waals surface area (Å²) >= 11 is 1.22. The number of rotatable bonds is 3. The molecule has 8 nitrogen and oxygen atoms in total. The molecule has 28 heavy (non-hydrogen) atoms. The Morgan fingerprint density at radius 2 is 1.54 bits per heavy atom. The summed E-state index contributed by atoms with van der Waals surface area (Å²) in [5.41, 5.74) is 7.49. The van der Waals surface area contributed by atoms with Crippen LogP contribution in [0.4, 0.5) is 5.69 Å². The number of nitrogen functional groups attached to an aromatic ring is 1. The maximum atomic E-state index is 11.9. The lowest BCUT2D eigenvalue weighted by atomic mass is 10.1. The Hall–Kier alpha value is -2.57. The zero-order valence-electron chi connectivity index (χ0n) is 13.9. The van der Waals surface area contributed by atoms with E-state index in [9.17, 15) is 25.9 Å². The van der Waals surface area contributed by atoms with Gasteiger partial charge in [-0.05, 0) is 42.5 Å². The Morgan fingerprint density at radius 1 is 0.857 bits per heavy atom. The van der Waals surface area contributed by atoms with Crippen molar-refractivity contribution in [2.24, 2.45) is 0 Å². The first-order chi connectivity index (χ1) is 13.0. The van der Waals surface area contributed by atoms with Gasteiger partial charge in [-0.15, -0.1) is 11.3 Å². The zero-order valence-corrected chi connectivity index (χ0v) is 16.3. The molecule has 1 aromatic heterocycles. The van der Waals surface area contributed by atoms with Crippen LogP contribution >= 0.6 is 11.3 Å². The molecule has 4 N–H and O–H groups in total. The summed E-state index contributed by atoms with van der Waals surface area (Å²) in [6.07, 6.45) is 0. The number of hydrogen-bond acceptors (Lipinski definition) is 7. The summed E-state index contributed by atoms with van der Waals surface area (Å²) < 4.78 is 66.0. The molecule has 0 spiro atoms. The predicted molar refractivity (Wildman–Crippen MR) is 107 cm³/mol. The van der Waals surface area contributed by atoms with Gasteiger partial charge in [0, 0.05) is 22.0 Å². The van der Waals surface area contributed by atoms with Crippen molar-refractivity contribution >= 4 is 58.2 Å². The Kier molecular flexibility index (Phi) is 4.17. The minimum atomic E-state index is -4.66. The smallest absolute Gasteiger partial charge is 0.295 e. The summed E-state index contributed by atoms with van der Waals surface area (Å²) in [5, 5.41) is 0.873. The molecule has 0 fully saturated rings. The molecule has 0 aliphatic heterocycles. The first-order valence-electron chi connectivity index (χ1n) is 7.72. The molecule has 0 radical (unpaired) electrons. The summed E-state index contributed by atoms with van der Waals surface area (Å²) in [6, 6.07) is 11.7. The topological polar surface area (TPSA) is 148 Å². The maximum absolute atomic E-state index is 11.9. The number of hydrogen-bond donors (Lipinski definition) is 3. The van der Waals surface area contributed by atoms with Crippen LogP contribution in [0.15, 0.2) is 58.3 Å². The van der Waals surface area contributed by atoms with Crippen molar-refractivity contribution in [3.63, 3.8) is 0 Å². The number of anilines is 1. The van der Waals surface area contributed by atoms with Gasteiger partial charge < -0.3 is 5.73 Å². The van der Waals surface area contributed by atoms with Gasteiger partial charge in [0.05, 0.1) is 15.1 Å². The number of benzene rings is 3. The molecule has 144 valence electrons. The molecule has 4 rings (SSSR count). The van der Waals surface area contributed by atoms with Crippen LogP contribution in [-0.2, 0) is 20.2 Å². The second kappa shape index (κ2) is 6.22. The molecule has 4 aromatic rings. The predicted octanol–water partition coefficient (Wildman–Crippen LogP) is 3.19. The molecule has 0 aliphatic rings. The van der Waals surface area contributed by atoms with E-state index in [4.69, 9.17) is 5.73 Å². The normalized spacial score (nSPS) is 12.6. The molecule has 0 unspecified atom stereocenters. The summed E-state index contributed by atoms with van der Waals surface area (Å²) in [6.45, 7) is 0. The van der Waals surface area contributed by atoms with Gasteiger partial charge in [0.15, 0.2) is 0 Å². The van der Waals surface area contributed by atoms with Crippen LogP contribution < -0.4 is 5.73 Å². The first kappa shape index (κ1) is 18.8. The van der Waals surface area contributed by atoms with E-state index < -0.39 is 30.0 Å². The van der Waals surface area contributed by atoms with Crippen molar-refractivity contribution in [2.45, 2.75) is 9.79 Å². The largest absolute Gasteiger partial charge is 0.399 e. The molecule has 0 amide bonds. The van der Waals surface area contributed by atoms with Crippen molar-refractivity contribution in [3.05, 3.63) is 48.5 Å². The third-order valence-corrected chi connectivity index (χ3v) is 6.96. The second-order valence-electron chi connectivity index (χ2n) is 6.02. The zero-order chi connectivity index (χ0) is 20.3. The summed E-state index contributed by atoms with van der Waals surface area (Å²) in [4.78, 5) is 3.59. The van der Waals surface area contributed by atoms with Crippen molar-refractivity contribution in [1.29, 1.82) is 0 Å². The van der Waals surface area contributed by atoms with Gasteiger partial charge in [0.25, 0.3) is 20.2 Å². The number of fused-ring (bicyclic) bond motifs is 3. The SMILES string of the molecule is Nc1ccc(-c2nc3c(cc(S(=O)(=O)O)c4cc(S(=O)(=O)O)ccc43)s2)cc1. The van der Waals surface area contributed by atoms with Gasteiger partial charge in [-0.2, -0.15) is 16.8 Å². The highest BCUT2D eigenvalue weighted by Crippen LogP contribution is 2.38. The Balaban J connectivity index is 2.09. The van der Waals surface area contributed by atoms with Gasteiger partial charge in [-0.1, -0.05) is 6.07 Å². The van der Waals surface area contributed by atoms with E-state index in [1.54, 1.807) is 24.3 Å². The van der Waals surface area contributed by atoms with E-state index in [-0.39, 0.29) is 5.39 Å². The summed E-state index contributed by atoms with van der Waals surface area (Å²) in [5.74, 6) is 0. The van der Waals surface area contributed by atoms with Crippen LogP contribution in [0.1, 0.15) is 0 Å². The maximum Gasteiger partial charge on any atom is 0.295 e. The van der Waals surface area contributed by atoms with Crippen LogP contribution in [-0.4, -0.2) is 30.9 Å². The van der Waals surface area contributed by atoms with Gasteiger partial charge >= 0.3 is 0 Å². The van der Waals surface area contributed by atoms with E-state index in [0.717, 1.165) is 17.7 Å². The number of thiazole rings is 1. The lowest BCUT2D eigenvalue weighted by Gasteiger charge is -2.06. The number of nitrogens with two attached hydrogens (primary N) is 1. The molecule has 0 bridgehead atoms. The first-order valence-corrected chi connectivity index (χ1v) is 11.4. The minimum absolute atomic E-state index is 0.0562. The molecular formula is C17H12N2O6S3. The average molecular weight is 436 g/mol. The fourth-order valence-electron chi connectivity index (χ4n) is 2.88. The van der Waals surface area contributed by atoms with E-state index in [1.165, 1.54) is 23.5 Å². The van der Waals surface area contributed by atoms with Gasteiger partial charge in [0.2, 0.25) is 0 Å². The quantitative estimate of drug-likeness (QED) is 0.328. The highest BCUT2D eigenvalue weighted by Gasteiger charge is 2.21. The number of nitrogens with zero attached hydrogens (tertiary/aromatic N) is 1. The molecule has 11 heteroatoms. The van der Waals surface area contributed by atoms with Crippen molar-refractivity contribution in [3.8, 4) is 10.6 Å². The fourth-order valence-corrected chi connectivity index (χ4v) is 5.20. The van der Waals surface area contributed by atoms with Crippen LogP contribution in [0.5, 0.6) is 0 Å². The standard InChI is InChI=1S/C17H12N2O6S3/c18-10-3-1-9(2-4-10)17-19-16-12-6-5-11(27(20,21)22)7-13(12)15(28(23,24)25)8-14(16)26-17/h1-8H,18H2,(H,20,21,22)(H,23,24,25). The van der Waals surface area contributed by atoms with Crippen molar-refractivity contribution in [2.75, 3.05) is 5.73 Å². The fraction of sp³-hybridized carbons (Fsp3) is 0. The molecule has 0 saturated heterocycles. The van der Waals surface area contributed by atoms with E-state index >= 15 is 0 Å². The molecule has 0 atom stereocenters. The third-order valence-electron chi connectivity index (χ3n) is 4.16. The van der Waals surface area contributed by atoms with E-state index in [1.807, 2.05) is 0 Å². The average Bonchev–Trinajstić information content (AvgIpc) is 3.04. The summed E-state index contributed by atoms with van der Waals surface area (Å²) in [7, 11) is -9.22. The van der Waals surface area contributed by atoms with Crippen LogP contribution in [0.2, 0.25) is 0 Å². The molecule has 0 saturated carbocycles. The van der Waals surface area contributed by atoms with Crippen LogP contribution in [0, 0.1) is 0 Å². The van der Waals surface area contributed by atoms with Crippen molar-refractivity contribution in [1.82, 2.24) is 4.98 Å². The van der Waals surface area contributed by atoms with Crippen LogP contribution in [0.25, 0.3) is 31.6 Å². The van der Waals surface area contributed by atoms with Gasteiger partial charge in [-0.25, -0.2) is 4.98 Å². The Morgan fingerprint density at radius 3 is 2.14 bits per heavy atom. The lowest BCUT2D eigenvalue weighted by Crippen LogP contribution is -2.02. The third kappa shape index (κ3) is 3.23. The minimum Gasteiger partial charge on any atom is -0.399 e. The molecule has 3 aromatic carbocycles. The highest BCUT2D eigenvalue weighted by molar-refractivity contribution is 7.86. The van der Waals surface area contributed by atoms with Gasteiger partial charge in [0.1, 0.15) is 9.90 Å². The molecule has 0 aliphatic carbocycles. The van der Waals surface area contributed by atoms with Crippen molar-refractivity contribution < 1.29 is 25.9 Å². The Bertz CT molecular complexity index is 1460. The molecule has 1 heterocycles. The monoisotopic (exact) mass is 436 g/mol. The highest BCUT2D eigenvalue weighted by atomic mass is 32.2. The second-order valence-corrected chi connectivity index (χ2v) is 9.86. The van der Waals surface area contributed by atoms with E-state index in [2.05, 4.69) is 4.98 Å². The Labute approximate surface area is 163 Å². The molecular weight excluding hydrogens is 424 g/mol. The van der Waals surface area contributed by atoms with Gasteiger partial charge in [-0.3, -0.25) is 9.11 Å². The van der Waals surface area contributed by atoms with E-state index in [0.29, 0.717) is 26.3 Å². The lowest BCUT2D eigenvalue weighted by molar-refractivity contribution is 0.480.